The lowest BCUT2D eigenvalue weighted by Crippen LogP contribution is -2.63. The fraction of sp³-hybridized carbons (Fsp3) is 0.179. The summed E-state index contributed by atoms with van der Waals surface area (Å²) in [7, 11) is 0. The second kappa shape index (κ2) is 9.50. The minimum atomic E-state index is -1.12. The Kier molecular flexibility index (Phi) is 6.26. The van der Waals surface area contributed by atoms with E-state index in [1.54, 1.807) is 9.58 Å². The number of hydrogen-bond donors (Lipinski definition) is 1. The van der Waals surface area contributed by atoms with Crippen LogP contribution >= 0.6 is 15.9 Å². The van der Waals surface area contributed by atoms with E-state index >= 15 is 0 Å². The Morgan fingerprint density at radius 1 is 0.971 bits per heavy atom. The van der Waals surface area contributed by atoms with Crippen LogP contribution in [0, 0.1) is 0 Å². The summed E-state index contributed by atoms with van der Waals surface area (Å²) >= 11 is 3.51. The number of halogens is 1. The number of hydrogen-bond acceptors (Lipinski definition) is 3. The summed E-state index contributed by atoms with van der Waals surface area (Å²) < 4.78 is 2.59. The van der Waals surface area contributed by atoms with Crippen LogP contribution in [0.15, 0.2) is 95.5 Å². The highest BCUT2D eigenvalue weighted by Gasteiger charge is 2.48. The maximum absolute atomic E-state index is 13.8. The smallest absolute Gasteiger partial charge is 0.273 e. The van der Waals surface area contributed by atoms with Gasteiger partial charge in [-0.2, -0.15) is 5.10 Å². The Bertz CT molecular complexity index is 1370. The van der Waals surface area contributed by atoms with Crippen LogP contribution in [-0.4, -0.2) is 32.0 Å². The van der Waals surface area contributed by atoms with Gasteiger partial charge in [-0.15, -0.1) is 0 Å². The van der Waals surface area contributed by atoms with Gasteiger partial charge in [-0.25, -0.2) is 0 Å². The molecule has 0 saturated carbocycles. The molecule has 0 fully saturated rings. The molecule has 2 amide bonds. The second-order valence-electron chi connectivity index (χ2n) is 8.90. The molecule has 0 aliphatic carbocycles. The van der Waals surface area contributed by atoms with Gasteiger partial charge in [-0.3, -0.25) is 14.3 Å². The first-order valence-corrected chi connectivity index (χ1v) is 12.3. The van der Waals surface area contributed by atoms with Crippen molar-refractivity contribution >= 4 is 27.7 Å². The zero-order valence-corrected chi connectivity index (χ0v) is 20.9. The van der Waals surface area contributed by atoms with E-state index in [0.717, 1.165) is 21.2 Å². The molecular formula is C28H25BrN4O2. The van der Waals surface area contributed by atoms with Crippen LogP contribution in [0.25, 0.3) is 11.3 Å². The van der Waals surface area contributed by atoms with Gasteiger partial charge >= 0.3 is 0 Å². The standard InChI is InChI=1S/C28H25BrN4O2/c1-28(27(35)30-17-20-9-4-2-5-10-20)19-33-25(16-24(31-33)22-12-6-3-7-13-22)26(34)32(28)18-21-11-8-14-23(29)15-21/h2-16H,17-19H2,1H3,(H,30,35). The molecule has 1 aliphatic heterocycles. The molecule has 6 nitrogen and oxygen atoms in total. The van der Waals surface area contributed by atoms with E-state index < -0.39 is 5.54 Å². The van der Waals surface area contributed by atoms with Crippen molar-refractivity contribution in [3.63, 3.8) is 0 Å². The van der Waals surface area contributed by atoms with E-state index in [4.69, 9.17) is 5.10 Å². The molecule has 0 saturated heterocycles. The molecule has 1 N–H and O–H groups in total. The zero-order chi connectivity index (χ0) is 24.4. The molecule has 4 aromatic rings. The van der Waals surface area contributed by atoms with Gasteiger partial charge in [-0.1, -0.05) is 88.7 Å². The first-order chi connectivity index (χ1) is 16.9. The van der Waals surface area contributed by atoms with Crippen molar-refractivity contribution < 1.29 is 9.59 Å². The number of carbonyl (C=O) groups is 2. The van der Waals surface area contributed by atoms with E-state index in [0.29, 0.717) is 24.5 Å². The second-order valence-corrected chi connectivity index (χ2v) is 9.82. The number of carbonyl (C=O) groups excluding carboxylic acids is 2. The Morgan fingerprint density at radius 2 is 1.66 bits per heavy atom. The molecular weight excluding hydrogens is 504 g/mol. The van der Waals surface area contributed by atoms with Crippen LogP contribution in [-0.2, 0) is 24.4 Å². The summed E-state index contributed by atoms with van der Waals surface area (Å²) in [6.45, 7) is 2.76. The van der Waals surface area contributed by atoms with Crippen molar-refractivity contribution in [3.05, 3.63) is 112 Å². The number of rotatable bonds is 6. The number of aromatic nitrogens is 2. The fourth-order valence-corrected chi connectivity index (χ4v) is 4.87. The molecule has 1 aromatic heterocycles. The lowest BCUT2D eigenvalue weighted by atomic mass is 9.94. The Labute approximate surface area is 212 Å². The molecule has 3 aromatic carbocycles. The average molecular weight is 529 g/mol. The predicted octanol–water partition coefficient (Wildman–Crippen LogP) is 5.04. The van der Waals surface area contributed by atoms with Crippen molar-refractivity contribution in [2.75, 3.05) is 0 Å². The molecule has 7 heteroatoms. The SMILES string of the molecule is CC1(C(=O)NCc2ccccc2)Cn2nc(-c3ccccc3)cc2C(=O)N1Cc1cccc(Br)c1. The lowest BCUT2D eigenvalue weighted by Gasteiger charge is -2.43. The summed E-state index contributed by atoms with van der Waals surface area (Å²) in [5.41, 5.74) is 2.93. The van der Waals surface area contributed by atoms with Crippen LogP contribution in [0.2, 0.25) is 0 Å². The predicted molar refractivity (Wildman–Crippen MR) is 138 cm³/mol. The van der Waals surface area contributed by atoms with Gasteiger partial charge in [0.2, 0.25) is 5.91 Å². The highest BCUT2D eigenvalue weighted by atomic mass is 79.9. The van der Waals surface area contributed by atoms with Crippen molar-refractivity contribution in [1.82, 2.24) is 20.0 Å². The van der Waals surface area contributed by atoms with E-state index in [-0.39, 0.29) is 18.4 Å². The van der Waals surface area contributed by atoms with E-state index in [2.05, 4.69) is 21.2 Å². The van der Waals surface area contributed by atoms with Gasteiger partial charge in [0.1, 0.15) is 11.2 Å². The van der Waals surface area contributed by atoms with Crippen LogP contribution in [0.4, 0.5) is 0 Å². The molecule has 176 valence electrons. The summed E-state index contributed by atoms with van der Waals surface area (Å²) in [6.07, 6.45) is 0. The number of nitrogens with zero attached hydrogens (tertiary/aromatic N) is 3. The molecule has 1 atom stereocenters. The first-order valence-electron chi connectivity index (χ1n) is 11.5. The van der Waals surface area contributed by atoms with Gasteiger partial charge < -0.3 is 10.2 Å². The number of nitrogens with one attached hydrogen (secondary N) is 1. The van der Waals surface area contributed by atoms with Gasteiger partial charge in [-0.05, 0) is 36.2 Å². The maximum Gasteiger partial charge on any atom is 0.273 e. The zero-order valence-electron chi connectivity index (χ0n) is 19.3. The van der Waals surface area contributed by atoms with Crippen LogP contribution < -0.4 is 5.32 Å². The Balaban J connectivity index is 1.50. The third-order valence-electron chi connectivity index (χ3n) is 6.38. The summed E-state index contributed by atoms with van der Waals surface area (Å²) in [4.78, 5) is 29.1. The van der Waals surface area contributed by atoms with Gasteiger partial charge in [0.05, 0.1) is 12.2 Å². The van der Waals surface area contributed by atoms with Gasteiger partial charge in [0, 0.05) is 23.1 Å². The summed E-state index contributed by atoms with van der Waals surface area (Å²) in [6, 6.07) is 29.1. The molecule has 5 rings (SSSR count). The number of amides is 2. The quantitative estimate of drug-likeness (QED) is 0.381. The highest BCUT2D eigenvalue weighted by molar-refractivity contribution is 9.10. The topological polar surface area (TPSA) is 67.2 Å². The number of fused-ring (bicyclic) bond motifs is 1. The summed E-state index contributed by atoms with van der Waals surface area (Å²) in [5.74, 6) is -0.435. The van der Waals surface area contributed by atoms with Crippen molar-refractivity contribution in [1.29, 1.82) is 0 Å². The third kappa shape index (κ3) is 4.64. The monoisotopic (exact) mass is 528 g/mol. The fourth-order valence-electron chi connectivity index (χ4n) is 4.43. The molecule has 1 unspecified atom stereocenters. The molecule has 0 radical (unpaired) electrons. The van der Waals surface area contributed by atoms with Crippen molar-refractivity contribution in [2.24, 2.45) is 0 Å². The van der Waals surface area contributed by atoms with Crippen molar-refractivity contribution in [2.45, 2.75) is 32.1 Å². The van der Waals surface area contributed by atoms with E-state index in [1.807, 2.05) is 97.9 Å². The normalized spacial score (nSPS) is 17.2. The first kappa shape index (κ1) is 23.1. The molecule has 0 spiro atoms. The maximum atomic E-state index is 13.8. The molecule has 35 heavy (non-hydrogen) atoms. The lowest BCUT2D eigenvalue weighted by molar-refractivity contribution is -0.133. The molecule has 1 aliphatic rings. The van der Waals surface area contributed by atoms with Crippen LogP contribution in [0.1, 0.15) is 28.5 Å². The Hall–Kier alpha value is -3.71. The number of benzene rings is 3. The third-order valence-corrected chi connectivity index (χ3v) is 6.88. The van der Waals surface area contributed by atoms with E-state index in [1.165, 1.54) is 0 Å². The van der Waals surface area contributed by atoms with Crippen molar-refractivity contribution in [3.8, 4) is 11.3 Å². The highest BCUT2D eigenvalue weighted by Crippen LogP contribution is 2.32. The molecule has 0 bridgehead atoms. The summed E-state index contributed by atoms with van der Waals surface area (Å²) in [5, 5.41) is 7.75. The van der Waals surface area contributed by atoms with Gasteiger partial charge in [0.15, 0.2) is 0 Å². The Morgan fingerprint density at radius 3 is 2.37 bits per heavy atom. The van der Waals surface area contributed by atoms with Crippen LogP contribution in [0.3, 0.4) is 0 Å². The average Bonchev–Trinajstić information content (AvgIpc) is 3.30. The largest absolute Gasteiger partial charge is 0.350 e. The van der Waals surface area contributed by atoms with Crippen LogP contribution in [0.5, 0.6) is 0 Å². The van der Waals surface area contributed by atoms with Gasteiger partial charge in [0.25, 0.3) is 5.91 Å². The minimum Gasteiger partial charge on any atom is -0.350 e. The minimum absolute atomic E-state index is 0.216. The molecule has 2 heterocycles. The van der Waals surface area contributed by atoms with E-state index in [9.17, 15) is 9.59 Å².